The standard InChI is InChI=1S/C53H78N2/c1-38(54-52-48(42-25-13-5-14-26-42)34-46(40-21-9-3-10-22-40)35-49(52)43-27-15-6-16-28-43)33-39(2)55-53-50(44-29-17-7-18-30-44)36-47(41-23-11-4-12-24-41)37-51(53)45-31-19-8-20-32-45/h33-37,40-45,54H,3-32H2,1-2H3/b38-33-,55-39?. The van der Waals surface area contributed by atoms with Crippen molar-refractivity contribution in [3.8, 4) is 0 Å². The lowest BCUT2D eigenvalue weighted by Gasteiger charge is -2.33. The van der Waals surface area contributed by atoms with Gasteiger partial charge in [-0.25, -0.2) is 0 Å². The van der Waals surface area contributed by atoms with E-state index < -0.39 is 0 Å². The Bertz CT molecular complexity index is 1510. The molecule has 6 aliphatic carbocycles. The molecule has 0 unspecified atom stereocenters. The zero-order valence-electron chi connectivity index (χ0n) is 35.5. The molecule has 0 radical (unpaired) electrons. The monoisotopic (exact) mass is 743 g/mol. The van der Waals surface area contributed by atoms with Gasteiger partial charge >= 0.3 is 0 Å². The van der Waals surface area contributed by atoms with E-state index in [4.69, 9.17) is 4.99 Å². The van der Waals surface area contributed by atoms with Crippen LogP contribution >= 0.6 is 0 Å². The van der Waals surface area contributed by atoms with Crippen LogP contribution in [0.2, 0.25) is 0 Å². The van der Waals surface area contributed by atoms with Gasteiger partial charge in [0.05, 0.1) is 5.69 Å². The fourth-order valence-electron chi connectivity index (χ4n) is 12.7. The van der Waals surface area contributed by atoms with Crippen molar-refractivity contribution in [1.82, 2.24) is 0 Å². The fourth-order valence-corrected chi connectivity index (χ4v) is 12.7. The molecule has 0 aliphatic heterocycles. The van der Waals surface area contributed by atoms with Crippen molar-refractivity contribution in [3.63, 3.8) is 0 Å². The van der Waals surface area contributed by atoms with E-state index in [9.17, 15) is 0 Å². The summed E-state index contributed by atoms with van der Waals surface area (Å²) in [4.78, 5) is 5.78. The molecule has 2 heteroatoms. The minimum atomic E-state index is 0.674. The molecule has 1 N–H and O–H groups in total. The Labute approximate surface area is 337 Å². The van der Waals surface area contributed by atoms with Crippen molar-refractivity contribution in [2.24, 2.45) is 4.99 Å². The Morgan fingerprint density at radius 3 is 1.05 bits per heavy atom. The van der Waals surface area contributed by atoms with Crippen LogP contribution in [-0.2, 0) is 0 Å². The highest BCUT2D eigenvalue weighted by molar-refractivity contribution is 5.96. The third kappa shape index (κ3) is 9.86. The van der Waals surface area contributed by atoms with Crippen LogP contribution in [0.3, 0.4) is 0 Å². The number of rotatable bonds is 10. The Morgan fingerprint density at radius 1 is 0.418 bits per heavy atom. The van der Waals surface area contributed by atoms with Gasteiger partial charge in [0, 0.05) is 17.1 Å². The molecule has 6 saturated carbocycles. The summed E-state index contributed by atoms with van der Waals surface area (Å²) in [6.07, 6.45) is 44.1. The van der Waals surface area contributed by atoms with E-state index in [-0.39, 0.29) is 0 Å². The van der Waals surface area contributed by atoms with Crippen LogP contribution in [0.25, 0.3) is 0 Å². The molecule has 0 atom stereocenters. The zero-order valence-corrected chi connectivity index (χ0v) is 35.5. The number of allylic oxidation sites excluding steroid dienone is 2. The van der Waals surface area contributed by atoms with Gasteiger partial charge in [0.25, 0.3) is 0 Å². The molecule has 8 rings (SSSR count). The smallest absolute Gasteiger partial charge is 0.0702 e. The second-order valence-electron chi connectivity index (χ2n) is 19.8. The summed E-state index contributed by atoms with van der Waals surface area (Å²) in [6.45, 7) is 4.66. The number of hydrogen-bond donors (Lipinski definition) is 1. The molecular weight excluding hydrogens is 665 g/mol. The first-order valence-electron chi connectivity index (χ1n) is 24.5. The van der Waals surface area contributed by atoms with E-state index in [1.807, 2.05) is 0 Å². The summed E-state index contributed by atoms with van der Waals surface area (Å²) in [5.41, 5.74) is 15.3. The number of hydrogen-bond acceptors (Lipinski definition) is 2. The lowest BCUT2D eigenvalue weighted by molar-refractivity contribution is 0.428. The van der Waals surface area contributed by atoms with E-state index in [0.29, 0.717) is 23.7 Å². The summed E-state index contributed by atoms with van der Waals surface area (Å²) in [5.74, 6) is 4.26. The molecule has 0 heterocycles. The number of nitrogens with one attached hydrogen (secondary N) is 1. The van der Waals surface area contributed by atoms with E-state index >= 15 is 0 Å². The summed E-state index contributed by atoms with van der Waals surface area (Å²) in [6, 6.07) is 10.9. The van der Waals surface area contributed by atoms with Crippen molar-refractivity contribution in [1.29, 1.82) is 0 Å². The Morgan fingerprint density at radius 2 is 0.709 bits per heavy atom. The zero-order chi connectivity index (χ0) is 37.4. The van der Waals surface area contributed by atoms with Crippen LogP contribution in [0.4, 0.5) is 11.4 Å². The quantitative estimate of drug-likeness (QED) is 0.241. The average molecular weight is 743 g/mol. The first-order chi connectivity index (χ1) is 27.1. The lowest BCUT2D eigenvalue weighted by Crippen LogP contribution is -2.16. The summed E-state index contributed by atoms with van der Waals surface area (Å²) < 4.78 is 0. The molecule has 6 aliphatic rings. The van der Waals surface area contributed by atoms with Crippen molar-refractivity contribution in [2.75, 3.05) is 5.32 Å². The minimum Gasteiger partial charge on any atom is -0.359 e. The average Bonchev–Trinajstić information content (AvgIpc) is 3.25. The molecule has 0 spiro atoms. The number of aliphatic imine (C=N–C) groups is 1. The topological polar surface area (TPSA) is 24.4 Å². The molecule has 0 aromatic heterocycles. The Kier molecular flexibility index (Phi) is 13.9. The van der Waals surface area contributed by atoms with Crippen LogP contribution in [0.1, 0.15) is 275 Å². The van der Waals surface area contributed by atoms with Gasteiger partial charge in [-0.15, -0.1) is 0 Å². The second kappa shape index (κ2) is 19.4. The van der Waals surface area contributed by atoms with E-state index in [0.717, 1.165) is 11.8 Å². The van der Waals surface area contributed by atoms with Crippen LogP contribution in [0, 0.1) is 0 Å². The fraction of sp³-hybridized carbons (Fsp3) is 0.717. The van der Waals surface area contributed by atoms with Gasteiger partial charge in [0.15, 0.2) is 0 Å². The van der Waals surface area contributed by atoms with Gasteiger partial charge < -0.3 is 5.32 Å². The van der Waals surface area contributed by atoms with E-state index in [2.05, 4.69) is 49.5 Å². The highest BCUT2D eigenvalue weighted by atomic mass is 14.9. The summed E-state index contributed by atoms with van der Waals surface area (Å²) >= 11 is 0. The SMILES string of the molecule is CC(/C=C(/C)Nc1c(C2CCCCC2)cc(C2CCCCC2)cc1C1CCCCC1)=Nc1c(C2CCCCC2)cc(C2CCCCC2)cc1C1CCCCC1. The maximum atomic E-state index is 5.78. The number of anilines is 1. The van der Waals surface area contributed by atoms with Crippen LogP contribution in [0.5, 0.6) is 0 Å². The molecule has 6 fully saturated rings. The number of benzene rings is 2. The van der Waals surface area contributed by atoms with Gasteiger partial charge in [-0.3, -0.25) is 4.99 Å². The Balaban J connectivity index is 1.18. The molecule has 2 aromatic carbocycles. The minimum absolute atomic E-state index is 0.674. The van der Waals surface area contributed by atoms with Gasteiger partial charge in [-0.2, -0.15) is 0 Å². The highest BCUT2D eigenvalue weighted by Gasteiger charge is 2.30. The van der Waals surface area contributed by atoms with E-state index in [1.54, 1.807) is 33.4 Å². The summed E-state index contributed by atoms with van der Waals surface area (Å²) in [7, 11) is 0. The highest BCUT2D eigenvalue weighted by Crippen LogP contribution is 2.49. The third-order valence-corrected chi connectivity index (χ3v) is 15.8. The van der Waals surface area contributed by atoms with Crippen molar-refractivity contribution in [2.45, 2.75) is 242 Å². The molecule has 55 heavy (non-hydrogen) atoms. The first kappa shape index (κ1) is 39.5. The molecule has 2 nitrogen and oxygen atoms in total. The van der Waals surface area contributed by atoms with Gasteiger partial charge in [-0.1, -0.05) is 140 Å². The second-order valence-corrected chi connectivity index (χ2v) is 19.8. The normalized spacial score (nSPS) is 24.3. The summed E-state index contributed by atoms with van der Waals surface area (Å²) in [5, 5.41) is 4.21. The van der Waals surface area contributed by atoms with Crippen molar-refractivity contribution in [3.05, 3.63) is 69.4 Å². The van der Waals surface area contributed by atoms with Crippen LogP contribution in [0.15, 0.2) is 41.0 Å². The molecule has 2 aromatic rings. The largest absolute Gasteiger partial charge is 0.359 e. The predicted molar refractivity (Wildman–Crippen MR) is 238 cm³/mol. The van der Waals surface area contributed by atoms with Gasteiger partial charge in [0.1, 0.15) is 0 Å². The van der Waals surface area contributed by atoms with Gasteiger partial charge in [0.2, 0.25) is 0 Å². The van der Waals surface area contributed by atoms with Crippen molar-refractivity contribution >= 4 is 17.1 Å². The van der Waals surface area contributed by atoms with Crippen molar-refractivity contribution < 1.29 is 0 Å². The number of nitrogens with zero attached hydrogens (tertiary/aromatic N) is 1. The van der Waals surface area contributed by atoms with Gasteiger partial charge in [-0.05, 0) is 166 Å². The molecule has 0 amide bonds. The van der Waals surface area contributed by atoms with Crippen LogP contribution in [-0.4, -0.2) is 5.71 Å². The molecule has 0 bridgehead atoms. The molecular formula is C53H78N2. The van der Waals surface area contributed by atoms with E-state index in [1.165, 1.54) is 215 Å². The van der Waals surface area contributed by atoms with Crippen LogP contribution < -0.4 is 5.32 Å². The molecule has 300 valence electrons. The Hall–Kier alpha value is -2.35. The lowest BCUT2D eigenvalue weighted by atomic mass is 9.75. The predicted octanol–water partition coefficient (Wildman–Crippen LogP) is 17.1. The molecule has 0 saturated heterocycles. The maximum absolute atomic E-state index is 5.78. The maximum Gasteiger partial charge on any atom is 0.0702 e. The first-order valence-corrected chi connectivity index (χ1v) is 24.5. The third-order valence-electron chi connectivity index (χ3n) is 15.8.